The fraction of sp³-hybridized carbons (Fsp3) is 0.407. The van der Waals surface area contributed by atoms with Crippen LogP contribution in [0.2, 0.25) is 4.34 Å². The Morgan fingerprint density at radius 3 is 1.07 bits per heavy atom. The van der Waals surface area contributed by atoms with E-state index >= 15 is 0 Å². The van der Waals surface area contributed by atoms with E-state index in [1.54, 1.807) is 165 Å². The van der Waals surface area contributed by atoms with E-state index in [4.69, 9.17) is 58.8 Å². The molecule has 14 nitrogen and oxygen atoms in total. The Labute approximate surface area is 675 Å². The predicted octanol–water partition coefficient (Wildman–Crippen LogP) is 23.2. The highest BCUT2D eigenvalue weighted by Crippen LogP contribution is 2.57. The maximum absolute atomic E-state index is 14.5. The van der Waals surface area contributed by atoms with Crippen molar-refractivity contribution in [1.82, 2.24) is 0 Å². The summed E-state index contributed by atoms with van der Waals surface area (Å²) in [5.41, 5.74) is 2.98. The van der Waals surface area contributed by atoms with Gasteiger partial charge in [0.25, 0.3) is 0 Å². The number of carboxylic acids is 1. The summed E-state index contributed by atoms with van der Waals surface area (Å²) >= 11 is 7.87. The molecule has 6 aromatic carbocycles. The van der Waals surface area contributed by atoms with Crippen molar-refractivity contribution in [3.63, 3.8) is 0 Å². The standard InChI is InChI=1S/C27H27F3O4S.C26H25F3O4S.C21H22ClF3O4S.C12H17BO2/c1-26(2,3)34-22(25(31)32-4)21-20(18-12-13-19-17(15-18)11-8-14-33-19)23(16-9-6-5-7-10-16)35-24(21)27(28,29)30;1-25(2,3)33-21(24(30)31)20-19(17-11-12-18-16(14-17)10-7-13-32-18)22(15-8-5-4-6-9-15)34-23(20)26(27,28)29;1-20(2,3)29-16(19(26)27-4)15-14(18(22)30-17(15)21(23,24)25)12-7-8-13-11(10-12)6-5-9-28-13;1-11(2)12(3,4)15-13(14-11)10-8-6-5-7-9-10/h5-7,9-10,12-13,15,22H,8,11,14H2,1-4H3;4-6,8-9,11-12,14,21H,7,10,13H2,1-3H3,(H,30,31);7-8,10,16H,5-6,9H2,1-4H3;5-9H,1-4H3. The van der Waals surface area contributed by atoms with Crippen molar-refractivity contribution >= 4 is 76.1 Å². The van der Waals surface area contributed by atoms with Gasteiger partial charge in [-0.3, -0.25) is 0 Å². The van der Waals surface area contributed by atoms with Crippen molar-refractivity contribution in [1.29, 1.82) is 0 Å². The molecule has 114 heavy (non-hydrogen) atoms. The van der Waals surface area contributed by atoms with Crippen molar-refractivity contribution in [2.75, 3.05) is 34.0 Å². The first-order chi connectivity index (χ1) is 53.3. The predicted molar refractivity (Wildman–Crippen MR) is 426 cm³/mol. The van der Waals surface area contributed by atoms with Gasteiger partial charge in [-0.1, -0.05) is 121 Å². The van der Waals surface area contributed by atoms with Crippen LogP contribution in [0.25, 0.3) is 54.3 Å². The third-order valence-corrected chi connectivity index (χ3v) is 22.9. The van der Waals surface area contributed by atoms with Crippen molar-refractivity contribution < 1.29 is 106 Å². The molecular weight excluding hydrogens is 1570 g/mol. The third kappa shape index (κ3) is 21.1. The van der Waals surface area contributed by atoms with Crippen LogP contribution in [0, 0.1) is 0 Å². The van der Waals surface area contributed by atoms with Gasteiger partial charge in [0.2, 0.25) is 0 Å². The zero-order valence-electron chi connectivity index (χ0n) is 65.8. The molecular formula is C86H91BClF9O14S3. The number of halogens is 10. The van der Waals surface area contributed by atoms with Crippen LogP contribution < -0.4 is 19.7 Å². The molecule has 28 heteroatoms. The maximum Gasteiger partial charge on any atom is 0.494 e. The SMILES string of the molecule is CC(C)(C)OC(C(=O)O)c1c(C(F)(F)F)sc(-c2ccccc2)c1-c1ccc2c(c1)CCCO2.CC1(C)OB(c2ccccc2)OC1(C)C.COC(=O)C(OC(C)(C)C)c1c(C(F)(F)F)sc(-c2ccccc2)c1-c1ccc2c(c1)CCCO2.COC(=O)C(OC(C)(C)C)c1c(C(F)(F)F)sc(Cl)c1-c1ccc2c(c1)CCCO2. The van der Waals surface area contributed by atoms with Crippen molar-refractivity contribution in [2.45, 2.75) is 193 Å². The molecule has 1 N–H and O–H groups in total. The van der Waals surface area contributed by atoms with Gasteiger partial charge in [-0.25, -0.2) is 14.4 Å². The lowest BCUT2D eigenvalue weighted by Crippen LogP contribution is -2.41. The molecule has 0 spiro atoms. The molecule has 0 amide bonds. The summed E-state index contributed by atoms with van der Waals surface area (Å²) in [6, 6.07) is 43.4. The highest BCUT2D eigenvalue weighted by Gasteiger charge is 2.52. The van der Waals surface area contributed by atoms with Crippen LogP contribution in [0.4, 0.5) is 39.5 Å². The normalized spacial score (nSPS) is 16.0. The van der Waals surface area contributed by atoms with E-state index in [2.05, 4.69) is 27.7 Å². The minimum absolute atomic E-state index is 0.0691. The Kier molecular flexibility index (Phi) is 27.3. The Morgan fingerprint density at radius 1 is 0.439 bits per heavy atom. The monoisotopic (exact) mass is 1660 g/mol. The van der Waals surface area contributed by atoms with Crippen LogP contribution in [0.3, 0.4) is 0 Å². The zero-order valence-corrected chi connectivity index (χ0v) is 69.0. The highest BCUT2D eigenvalue weighted by molar-refractivity contribution is 7.17. The summed E-state index contributed by atoms with van der Waals surface area (Å²) in [6.07, 6.45) is -14.4. The number of ether oxygens (including phenoxy) is 8. The molecule has 4 aliphatic heterocycles. The number of hydrogen-bond donors (Lipinski definition) is 1. The van der Waals surface area contributed by atoms with Gasteiger partial charge in [-0.2, -0.15) is 39.5 Å². The van der Waals surface area contributed by atoms with Crippen molar-refractivity contribution in [3.8, 4) is 71.5 Å². The number of carboxylic acid groups (broad SMARTS) is 1. The molecule has 9 aromatic rings. The second kappa shape index (κ2) is 35.3. The molecule has 3 aromatic heterocycles. The van der Waals surface area contributed by atoms with E-state index in [1.807, 2.05) is 42.5 Å². The number of rotatable bonds is 15. The van der Waals surface area contributed by atoms with Gasteiger partial charge in [0.1, 0.15) is 36.2 Å². The van der Waals surface area contributed by atoms with E-state index in [0.29, 0.717) is 108 Å². The minimum Gasteiger partial charge on any atom is -0.493 e. The molecule has 0 bridgehead atoms. The third-order valence-electron chi connectivity index (χ3n) is 18.8. The average molecular weight is 1660 g/mol. The van der Waals surface area contributed by atoms with E-state index in [1.165, 1.54) is 0 Å². The molecule has 0 aliphatic carbocycles. The number of aliphatic carboxylic acids is 1. The van der Waals surface area contributed by atoms with Gasteiger partial charge in [-0.15, -0.1) is 34.0 Å². The fourth-order valence-electron chi connectivity index (χ4n) is 13.2. The lowest BCUT2D eigenvalue weighted by Gasteiger charge is -2.32. The summed E-state index contributed by atoms with van der Waals surface area (Å²) in [5, 5.41) is 10.0. The summed E-state index contributed by atoms with van der Waals surface area (Å²) in [4.78, 5) is 35.7. The summed E-state index contributed by atoms with van der Waals surface area (Å²) in [7, 11) is 2.02. The largest absolute Gasteiger partial charge is 0.494 e. The maximum atomic E-state index is 14.5. The summed E-state index contributed by atoms with van der Waals surface area (Å²) in [6.45, 7) is 24.9. The molecule has 3 unspecified atom stereocenters. The van der Waals surface area contributed by atoms with E-state index in [-0.39, 0.29) is 50.5 Å². The van der Waals surface area contributed by atoms with Gasteiger partial charge in [0, 0.05) is 43.1 Å². The first-order valence-corrected chi connectivity index (χ1v) is 39.7. The van der Waals surface area contributed by atoms with Crippen LogP contribution in [0.5, 0.6) is 17.2 Å². The van der Waals surface area contributed by atoms with E-state index in [0.717, 1.165) is 80.6 Å². The van der Waals surface area contributed by atoms with Gasteiger partial charge in [0.05, 0.1) is 62.0 Å². The van der Waals surface area contributed by atoms with Crippen LogP contribution in [0.1, 0.15) is 176 Å². The van der Waals surface area contributed by atoms with Crippen molar-refractivity contribution in [2.24, 2.45) is 0 Å². The van der Waals surface area contributed by atoms with Gasteiger partial charge < -0.3 is 52.3 Å². The Bertz CT molecular complexity index is 4850. The topological polar surface area (TPSA) is 164 Å². The zero-order chi connectivity index (χ0) is 83.4. The molecule has 610 valence electrons. The lowest BCUT2D eigenvalue weighted by molar-refractivity contribution is -0.166. The molecule has 1 fully saturated rings. The number of aryl methyl sites for hydroxylation is 3. The molecule has 3 atom stereocenters. The molecule has 1 saturated heterocycles. The van der Waals surface area contributed by atoms with Crippen LogP contribution in [-0.4, -0.2) is 92.2 Å². The molecule has 7 heterocycles. The Balaban J connectivity index is 0.000000166. The van der Waals surface area contributed by atoms with Crippen LogP contribution in [0.15, 0.2) is 146 Å². The minimum atomic E-state index is -4.76. The highest BCUT2D eigenvalue weighted by atomic mass is 35.5. The van der Waals surface area contributed by atoms with Gasteiger partial charge in [-0.05, 0) is 215 Å². The average Bonchev–Trinajstić information content (AvgIpc) is 1.60. The number of fused-ring (bicyclic) bond motifs is 3. The second-order valence-corrected chi connectivity index (χ2v) is 35.0. The number of methoxy groups -OCH3 is 2. The summed E-state index contributed by atoms with van der Waals surface area (Å²) in [5.74, 6) is -1.16. The first kappa shape index (κ1) is 88.1. The number of benzene rings is 6. The molecule has 0 radical (unpaired) electrons. The van der Waals surface area contributed by atoms with Gasteiger partial charge in [0.15, 0.2) is 18.3 Å². The first-order valence-electron chi connectivity index (χ1n) is 36.9. The van der Waals surface area contributed by atoms with Crippen LogP contribution >= 0.6 is 45.6 Å². The van der Waals surface area contributed by atoms with E-state index < -0.39 is 86.2 Å². The molecule has 13 rings (SSSR count). The number of hydrogen-bond acceptors (Lipinski definition) is 16. The number of esters is 2. The summed E-state index contributed by atoms with van der Waals surface area (Å²) < 4.78 is 184. The number of alkyl halides is 9. The Morgan fingerprint density at radius 2 is 0.746 bits per heavy atom. The lowest BCUT2D eigenvalue weighted by atomic mass is 9.79. The number of carbonyl (C=O) groups excluding carboxylic acids is 2. The Hall–Kier alpha value is -8.25. The fourth-order valence-corrected chi connectivity index (χ4v) is 17.0. The van der Waals surface area contributed by atoms with Gasteiger partial charge >= 0.3 is 43.6 Å². The van der Waals surface area contributed by atoms with Crippen LogP contribution in [-0.2, 0) is 85.2 Å². The number of carbonyl (C=O) groups is 3. The van der Waals surface area contributed by atoms with E-state index in [9.17, 15) is 59.0 Å². The van der Waals surface area contributed by atoms with Crippen molar-refractivity contribution in [3.05, 3.63) is 198 Å². The smallest absolute Gasteiger partial charge is 0.493 e. The molecule has 0 saturated carbocycles. The number of thiophene rings is 3. The molecule has 4 aliphatic rings. The second-order valence-electron chi connectivity index (χ2n) is 31.4. The quantitative estimate of drug-likeness (QED) is 0.0586.